The van der Waals surface area contributed by atoms with Gasteiger partial charge in [0.2, 0.25) is 0 Å². The van der Waals surface area contributed by atoms with Gasteiger partial charge in [0.05, 0.1) is 0 Å². The van der Waals surface area contributed by atoms with Crippen molar-refractivity contribution in [1.82, 2.24) is 0 Å². The molecule has 2 rings (SSSR count). The van der Waals surface area contributed by atoms with E-state index in [4.69, 9.17) is 0 Å². The molecule has 2 aromatic carbocycles. The largest absolute Gasteiger partial charge is 0.0437 e. The van der Waals surface area contributed by atoms with Crippen LogP contribution in [0.4, 0.5) is 0 Å². The van der Waals surface area contributed by atoms with Gasteiger partial charge >= 0.3 is 0 Å². The molecule has 0 N–H and O–H groups in total. The van der Waals surface area contributed by atoms with E-state index >= 15 is 0 Å². The van der Waals surface area contributed by atoms with E-state index in [9.17, 15) is 0 Å². The van der Waals surface area contributed by atoms with Gasteiger partial charge in [-0.15, -0.1) is 0 Å². The maximum Gasteiger partial charge on any atom is 0.0260 e. The Bertz CT molecular complexity index is 667. The first-order valence-electron chi connectivity index (χ1n) is 6.38. The topological polar surface area (TPSA) is 0 Å². The van der Waals surface area contributed by atoms with Crippen LogP contribution in [0.3, 0.4) is 0 Å². The Balaban J connectivity index is 3.03. The standard InChI is InChI=1S/C16H12I6/c1-5-11(17)6(2)14(20)9(13(5)19)10-15(21)7(3)12(18)8(4)16(10)22/h1-4H3. The predicted octanol–water partition coefficient (Wildman–Crippen LogP) is 8.21. The van der Waals surface area contributed by atoms with Crippen LogP contribution in [0.5, 0.6) is 0 Å². The van der Waals surface area contributed by atoms with E-state index in [1.807, 2.05) is 0 Å². The second-order valence-corrected chi connectivity index (χ2v) is 11.6. The lowest BCUT2D eigenvalue weighted by Gasteiger charge is -2.21. The average molecular weight is 966 g/mol. The third-order valence-corrected chi connectivity index (χ3v) is 12.4. The van der Waals surface area contributed by atoms with Gasteiger partial charge in [0.25, 0.3) is 0 Å². The molecule has 0 heterocycles. The molecule has 0 radical (unpaired) electrons. The molecule has 0 amide bonds. The van der Waals surface area contributed by atoms with Crippen molar-refractivity contribution in [2.24, 2.45) is 0 Å². The summed E-state index contributed by atoms with van der Waals surface area (Å²) in [7, 11) is 0. The van der Waals surface area contributed by atoms with Gasteiger partial charge in [0.1, 0.15) is 0 Å². The van der Waals surface area contributed by atoms with E-state index in [1.54, 1.807) is 0 Å². The second kappa shape index (κ2) is 8.23. The van der Waals surface area contributed by atoms with Crippen LogP contribution in [0.2, 0.25) is 0 Å². The van der Waals surface area contributed by atoms with Crippen molar-refractivity contribution in [3.8, 4) is 11.1 Å². The van der Waals surface area contributed by atoms with Gasteiger partial charge in [-0.2, -0.15) is 0 Å². The van der Waals surface area contributed by atoms with E-state index in [1.165, 1.54) is 54.8 Å². The number of rotatable bonds is 1. The lowest BCUT2D eigenvalue weighted by molar-refractivity contribution is 1.25. The second-order valence-electron chi connectivity index (χ2n) is 5.13. The first-order valence-corrected chi connectivity index (χ1v) is 12.9. The zero-order chi connectivity index (χ0) is 16.9. The number of halogens is 6. The van der Waals surface area contributed by atoms with E-state index in [2.05, 4.69) is 163 Å². The fourth-order valence-corrected chi connectivity index (χ4v) is 9.74. The molecule has 0 fully saturated rings. The molecule has 0 bridgehead atoms. The lowest BCUT2D eigenvalue weighted by atomic mass is 9.97. The van der Waals surface area contributed by atoms with Crippen molar-refractivity contribution in [2.45, 2.75) is 27.7 Å². The summed E-state index contributed by atoms with van der Waals surface area (Å²) < 4.78 is 8.31. The smallest absolute Gasteiger partial charge is 0.0260 e. The Morgan fingerprint density at radius 1 is 0.364 bits per heavy atom. The van der Waals surface area contributed by atoms with Gasteiger partial charge in [0.15, 0.2) is 0 Å². The summed E-state index contributed by atoms with van der Waals surface area (Å²) in [4.78, 5) is 0. The van der Waals surface area contributed by atoms with Crippen molar-refractivity contribution < 1.29 is 0 Å². The molecule has 0 aromatic heterocycles. The highest BCUT2D eigenvalue weighted by Gasteiger charge is 2.23. The average Bonchev–Trinajstić information content (AvgIpc) is 2.50. The summed E-state index contributed by atoms with van der Waals surface area (Å²) in [6.07, 6.45) is 0. The van der Waals surface area contributed by atoms with Crippen LogP contribution in [0.1, 0.15) is 22.3 Å². The molecule has 2 aromatic rings. The minimum absolute atomic E-state index is 1.38. The zero-order valence-corrected chi connectivity index (χ0v) is 25.2. The fourth-order valence-electron chi connectivity index (χ4n) is 2.33. The summed E-state index contributed by atoms with van der Waals surface area (Å²) in [5.74, 6) is 0. The van der Waals surface area contributed by atoms with E-state index < -0.39 is 0 Å². The summed E-state index contributed by atoms with van der Waals surface area (Å²) >= 11 is 15.0. The molecule has 0 nitrogen and oxygen atoms in total. The van der Waals surface area contributed by atoms with Crippen LogP contribution in [0.15, 0.2) is 0 Å². The Morgan fingerprint density at radius 3 is 0.727 bits per heavy atom. The number of hydrogen-bond acceptors (Lipinski definition) is 0. The molecular formula is C16H12I6. The summed E-state index contributed by atoms with van der Waals surface area (Å²) in [5.41, 5.74) is 8.41. The molecule has 6 heteroatoms. The molecule has 0 atom stereocenters. The normalized spacial score (nSPS) is 11.2. The highest BCUT2D eigenvalue weighted by atomic mass is 127. The van der Waals surface area contributed by atoms with Crippen molar-refractivity contribution in [1.29, 1.82) is 0 Å². The van der Waals surface area contributed by atoms with Crippen LogP contribution in [-0.4, -0.2) is 0 Å². The Labute approximate surface area is 214 Å². The molecule has 0 aliphatic rings. The highest BCUT2D eigenvalue weighted by molar-refractivity contribution is 14.1. The Kier molecular flexibility index (Phi) is 7.90. The van der Waals surface area contributed by atoms with Gasteiger partial charge in [-0.25, -0.2) is 0 Å². The van der Waals surface area contributed by atoms with Gasteiger partial charge in [-0.1, -0.05) is 0 Å². The van der Waals surface area contributed by atoms with Crippen LogP contribution in [-0.2, 0) is 0 Å². The number of hydrogen-bond donors (Lipinski definition) is 0. The summed E-state index contributed by atoms with van der Waals surface area (Å²) in [6, 6.07) is 0. The predicted molar refractivity (Wildman–Crippen MR) is 147 cm³/mol. The first kappa shape index (κ1) is 21.1. The van der Waals surface area contributed by atoms with Crippen molar-refractivity contribution in [3.05, 3.63) is 43.7 Å². The fraction of sp³-hybridized carbons (Fsp3) is 0.250. The van der Waals surface area contributed by atoms with E-state index in [0.717, 1.165) is 0 Å². The molecule has 0 aliphatic carbocycles. The molecule has 22 heavy (non-hydrogen) atoms. The van der Waals surface area contributed by atoms with Crippen molar-refractivity contribution >= 4 is 136 Å². The van der Waals surface area contributed by atoms with E-state index in [0.29, 0.717) is 0 Å². The van der Waals surface area contributed by atoms with Crippen molar-refractivity contribution in [2.75, 3.05) is 0 Å². The monoisotopic (exact) mass is 966 g/mol. The highest BCUT2D eigenvalue weighted by Crippen LogP contribution is 2.43. The zero-order valence-electron chi connectivity index (χ0n) is 12.3. The number of benzene rings is 2. The maximum absolute atomic E-state index is 2.52. The van der Waals surface area contributed by atoms with Crippen LogP contribution in [0.25, 0.3) is 11.1 Å². The minimum atomic E-state index is 1.38. The van der Waals surface area contributed by atoms with Gasteiger partial charge < -0.3 is 0 Å². The SMILES string of the molecule is Cc1c(I)c(C)c(I)c(-c2c(I)c(C)c(I)c(C)c2I)c1I. The lowest BCUT2D eigenvalue weighted by Crippen LogP contribution is -2.05. The molecule has 0 aliphatic heterocycles. The van der Waals surface area contributed by atoms with Gasteiger partial charge in [0, 0.05) is 32.5 Å². The minimum Gasteiger partial charge on any atom is -0.0437 e. The molecule has 118 valence electrons. The third-order valence-electron chi connectivity index (χ3n) is 3.76. The van der Waals surface area contributed by atoms with Crippen molar-refractivity contribution in [3.63, 3.8) is 0 Å². The molecule has 0 spiro atoms. The third kappa shape index (κ3) is 3.62. The maximum atomic E-state index is 2.52. The first-order chi connectivity index (χ1) is 10.1. The Morgan fingerprint density at radius 2 is 0.545 bits per heavy atom. The molecule has 0 saturated heterocycles. The van der Waals surface area contributed by atoms with Gasteiger partial charge in [-0.3, -0.25) is 0 Å². The van der Waals surface area contributed by atoms with E-state index in [-0.39, 0.29) is 0 Å². The molecular weight excluding hydrogens is 954 g/mol. The van der Waals surface area contributed by atoms with Gasteiger partial charge in [-0.05, 0) is 185 Å². The summed E-state index contributed by atoms with van der Waals surface area (Å²) in [5, 5.41) is 0. The summed E-state index contributed by atoms with van der Waals surface area (Å²) in [6.45, 7) is 8.95. The van der Waals surface area contributed by atoms with Crippen LogP contribution in [0, 0.1) is 49.1 Å². The Hall–Kier alpha value is 2.82. The van der Waals surface area contributed by atoms with Crippen LogP contribution < -0.4 is 0 Å². The molecule has 0 unspecified atom stereocenters. The quantitative estimate of drug-likeness (QED) is 0.253. The molecule has 0 saturated carbocycles. The van der Waals surface area contributed by atoms with Crippen LogP contribution >= 0.6 is 136 Å².